The van der Waals surface area contributed by atoms with Crippen LogP contribution in [-0.2, 0) is 6.42 Å². The van der Waals surface area contributed by atoms with Gasteiger partial charge >= 0.3 is 0 Å². The topological polar surface area (TPSA) is 71.8 Å². The van der Waals surface area contributed by atoms with Crippen molar-refractivity contribution in [1.29, 1.82) is 0 Å². The van der Waals surface area contributed by atoms with Crippen LogP contribution in [0.5, 0.6) is 0 Å². The Labute approximate surface area is 131 Å². The van der Waals surface area contributed by atoms with E-state index in [1.165, 1.54) is 6.20 Å². The third kappa shape index (κ3) is 3.08. The summed E-state index contributed by atoms with van der Waals surface area (Å²) >= 11 is 18.2. The molecule has 0 fully saturated rings. The number of hydrogen-bond acceptors (Lipinski definition) is 2. The predicted octanol–water partition coefficient (Wildman–Crippen LogP) is 3.82. The fraction of sp³-hybridized carbons (Fsp3) is 0.231. The molecule has 1 aromatic carbocycles. The highest BCUT2D eigenvalue weighted by atomic mass is 35.5. The Balaban J connectivity index is 2.30. The second kappa shape index (κ2) is 6.04. The van der Waals surface area contributed by atoms with E-state index in [1.807, 2.05) is 6.92 Å². The molecule has 1 aromatic heterocycles. The first kappa shape index (κ1) is 15.2. The Bertz CT molecular complexity index is 631. The molecule has 0 unspecified atom stereocenters. The number of rotatable bonds is 4. The molecule has 20 heavy (non-hydrogen) atoms. The van der Waals surface area contributed by atoms with Gasteiger partial charge in [0.1, 0.15) is 0 Å². The first-order chi connectivity index (χ1) is 9.40. The van der Waals surface area contributed by atoms with Crippen molar-refractivity contribution < 1.29 is 4.79 Å². The fourth-order valence-electron chi connectivity index (χ4n) is 2.04. The van der Waals surface area contributed by atoms with Crippen molar-refractivity contribution in [2.24, 2.45) is 5.73 Å². The number of primary amides is 1. The lowest BCUT2D eigenvalue weighted by Gasteiger charge is -2.14. The number of H-pyrrole nitrogens is 1. The van der Waals surface area contributed by atoms with Gasteiger partial charge in [-0.1, -0.05) is 41.7 Å². The Kier molecular flexibility index (Phi) is 4.58. The van der Waals surface area contributed by atoms with Gasteiger partial charge in [0.25, 0.3) is 5.91 Å². The Morgan fingerprint density at radius 1 is 1.35 bits per heavy atom. The maximum Gasteiger partial charge on any atom is 0.252 e. The maximum atomic E-state index is 11.3. The summed E-state index contributed by atoms with van der Waals surface area (Å²) in [7, 11) is 0. The van der Waals surface area contributed by atoms with E-state index < -0.39 is 5.91 Å². The third-order valence-electron chi connectivity index (χ3n) is 3.04. The van der Waals surface area contributed by atoms with Crippen LogP contribution < -0.4 is 5.73 Å². The number of carbonyl (C=O) groups excluding carboxylic acids is 1. The standard InChI is InChI=1S/C13H12Cl3N3O/c1-6(12-9(13(17)20)5-18-19-12)2-8-10(15)3-7(14)4-11(8)16/h3-6H,2H2,1H3,(H2,17,20)(H,18,19)/t6-/m0/s1. The van der Waals surface area contributed by atoms with Gasteiger partial charge in [-0.15, -0.1) is 0 Å². The molecule has 1 amide bonds. The number of benzene rings is 1. The SMILES string of the molecule is C[C@@H](Cc1c(Cl)cc(Cl)cc1Cl)c1[nH]ncc1C(N)=O. The Morgan fingerprint density at radius 2 is 1.95 bits per heavy atom. The van der Waals surface area contributed by atoms with E-state index in [0.717, 1.165) is 5.56 Å². The molecule has 2 aromatic rings. The van der Waals surface area contributed by atoms with Gasteiger partial charge in [0.15, 0.2) is 0 Å². The van der Waals surface area contributed by atoms with Gasteiger partial charge in [-0.05, 0) is 24.1 Å². The minimum Gasteiger partial charge on any atom is -0.365 e. The normalized spacial score (nSPS) is 12.4. The quantitative estimate of drug-likeness (QED) is 0.893. The summed E-state index contributed by atoms with van der Waals surface area (Å²) in [4.78, 5) is 11.3. The number of amides is 1. The van der Waals surface area contributed by atoms with Crippen molar-refractivity contribution in [3.8, 4) is 0 Å². The monoisotopic (exact) mass is 331 g/mol. The predicted molar refractivity (Wildman–Crippen MR) is 80.7 cm³/mol. The average Bonchev–Trinajstić information content (AvgIpc) is 2.82. The highest BCUT2D eigenvalue weighted by molar-refractivity contribution is 6.39. The molecule has 0 saturated carbocycles. The first-order valence-electron chi connectivity index (χ1n) is 5.86. The lowest BCUT2D eigenvalue weighted by Crippen LogP contribution is -2.14. The second-order valence-electron chi connectivity index (χ2n) is 4.51. The molecule has 0 aliphatic heterocycles. The van der Waals surface area contributed by atoms with Gasteiger partial charge in [0, 0.05) is 21.0 Å². The maximum absolute atomic E-state index is 11.3. The van der Waals surface area contributed by atoms with Crippen LogP contribution >= 0.6 is 34.8 Å². The summed E-state index contributed by atoms with van der Waals surface area (Å²) < 4.78 is 0. The number of halogens is 3. The lowest BCUT2D eigenvalue weighted by molar-refractivity contribution is 0.0999. The molecule has 2 rings (SSSR count). The number of aromatic amines is 1. The van der Waals surface area contributed by atoms with Crippen molar-refractivity contribution in [2.75, 3.05) is 0 Å². The smallest absolute Gasteiger partial charge is 0.252 e. The van der Waals surface area contributed by atoms with Crippen LogP contribution in [0.2, 0.25) is 15.1 Å². The molecular formula is C13H12Cl3N3O. The summed E-state index contributed by atoms with van der Waals surface area (Å²) in [5, 5.41) is 8.12. The Hall–Kier alpha value is -1.23. The minimum absolute atomic E-state index is 0.0452. The van der Waals surface area contributed by atoms with Gasteiger partial charge < -0.3 is 5.73 Å². The average molecular weight is 333 g/mol. The molecule has 3 N–H and O–H groups in total. The zero-order chi connectivity index (χ0) is 14.9. The van der Waals surface area contributed by atoms with E-state index in [0.29, 0.717) is 32.7 Å². The zero-order valence-corrected chi connectivity index (χ0v) is 12.9. The number of nitrogens with two attached hydrogens (primary N) is 1. The van der Waals surface area contributed by atoms with Crippen LogP contribution in [0.4, 0.5) is 0 Å². The number of nitrogens with one attached hydrogen (secondary N) is 1. The van der Waals surface area contributed by atoms with E-state index >= 15 is 0 Å². The molecule has 1 atom stereocenters. The van der Waals surface area contributed by atoms with E-state index in [-0.39, 0.29) is 5.92 Å². The molecule has 4 nitrogen and oxygen atoms in total. The number of carbonyl (C=O) groups is 1. The Morgan fingerprint density at radius 3 is 2.50 bits per heavy atom. The largest absolute Gasteiger partial charge is 0.365 e. The molecule has 1 heterocycles. The molecule has 0 aliphatic rings. The zero-order valence-electron chi connectivity index (χ0n) is 10.6. The molecule has 0 radical (unpaired) electrons. The molecule has 106 valence electrons. The number of nitrogens with zero attached hydrogens (tertiary/aromatic N) is 1. The molecule has 0 bridgehead atoms. The van der Waals surface area contributed by atoms with Gasteiger partial charge in [0.05, 0.1) is 17.5 Å². The molecule has 0 aliphatic carbocycles. The van der Waals surface area contributed by atoms with E-state index in [2.05, 4.69) is 10.2 Å². The third-order valence-corrected chi connectivity index (χ3v) is 3.94. The van der Waals surface area contributed by atoms with Gasteiger partial charge in [-0.2, -0.15) is 5.10 Å². The summed E-state index contributed by atoms with van der Waals surface area (Å²) in [5.41, 5.74) is 7.11. The number of hydrogen-bond donors (Lipinski definition) is 2. The lowest BCUT2D eigenvalue weighted by atomic mass is 9.95. The molecule has 7 heteroatoms. The van der Waals surface area contributed by atoms with Crippen LogP contribution in [0.15, 0.2) is 18.3 Å². The van der Waals surface area contributed by atoms with Crippen molar-refractivity contribution in [3.05, 3.63) is 50.2 Å². The summed E-state index contributed by atoms with van der Waals surface area (Å²) in [6, 6.07) is 3.28. The fourth-order valence-corrected chi connectivity index (χ4v) is 3.01. The van der Waals surface area contributed by atoms with Crippen LogP contribution in [0.3, 0.4) is 0 Å². The highest BCUT2D eigenvalue weighted by Gasteiger charge is 2.19. The van der Waals surface area contributed by atoms with Crippen LogP contribution in [0.1, 0.15) is 34.5 Å². The summed E-state index contributed by atoms with van der Waals surface area (Å²) in [5.74, 6) is -0.565. The molecular weight excluding hydrogens is 321 g/mol. The van der Waals surface area contributed by atoms with Crippen LogP contribution in [0, 0.1) is 0 Å². The van der Waals surface area contributed by atoms with Gasteiger partial charge in [-0.3, -0.25) is 9.89 Å². The first-order valence-corrected chi connectivity index (χ1v) is 7.00. The van der Waals surface area contributed by atoms with Gasteiger partial charge in [-0.25, -0.2) is 0 Å². The minimum atomic E-state index is -0.520. The van der Waals surface area contributed by atoms with Crippen molar-refractivity contribution in [2.45, 2.75) is 19.3 Å². The van der Waals surface area contributed by atoms with Crippen LogP contribution in [0.25, 0.3) is 0 Å². The second-order valence-corrected chi connectivity index (χ2v) is 5.77. The van der Waals surface area contributed by atoms with Crippen molar-refractivity contribution in [3.63, 3.8) is 0 Å². The highest BCUT2D eigenvalue weighted by Crippen LogP contribution is 2.33. The summed E-state index contributed by atoms with van der Waals surface area (Å²) in [6.45, 7) is 1.93. The molecule has 0 spiro atoms. The van der Waals surface area contributed by atoms with Crippen LogP contribution in [-0.4, -0.2) is 16.1 Å². The molecule has 0 saturated heterocycles. The van der Waals surface area contributed by atoms with Crippen molar-refractivity contribution in [1.82, 2.24) is 10.2 Å². The van der Waals surface area contributed by atoms with Crippen molar-refractivity contribution >= 4 is 40.7 Å². The van der Waals surface area contributed by atoms with Gasteiger partial charge in [0.2, 0.25) is 0 Å². The number of aromatic nitrogens is 2. The summed E-state index contributed by atoms with van der Waals surface area (Å²) in [6.07, 6.45) is 1.95. The van der Waals surface area contributed by atoms with E-state index in [9.17, 15) is 4.79 Å². The van der Waals surface area contributed by atoms with E-state index in [4.69, 9.17) is 40.5 Å². The van der Waals surface area contributed by atoms with E-state index in [1.54, 1.807) is 12.1 Å².